The Morgan fingerprint density at radius 1 is 1.10 bits per heavy atom. The summed E-state index contributed by atoms with van der Waals surface area (Å²) in [6.07, 6.45) is 16.7. The Hall–Kier alpha value is -3.07. The van der Waals surface area contributed by atoms with E-state index in [1.54, 1.807) is 12.3 Å². The summed E-state index contributed by atoms with van der Waals surface area (Å²) in [7, 11) is 0.705. The van der Waals surface area contributed by atoms with Crippen LogP contribution in [0.2, 0.25) is 0 Å². The maximum Gasteiger partial charge on any atom is 0.227 e. The molecule has 1 aromatic carbocycles. The van der Waals surface area contributed by atoms with E-state index in [0.717, 1.165) is 35.0 Å². The van der Waals surface area contributed by atoms with Crippen molar-refractivity contribution in [3.05, 3.63) is 107 Å². The minimum Gasteiger partial charge on any atom is -0.337 e. The van der Waals surface area contributed by atoms with E-state index in [4.69, 9.17) is 5.14 Å². The number of aryl methyl sites for hydroxylation is 1. The summed E-state index contributed by atoms with van der Waals surface area (Å²) < 4.78 is 13.1. The number of hydrogen-bond donors (Lipinski definition) is 1. The summed E-state index contributed by atoms with van der Waals surface area (Å²) in [6, 6.07) is 13.9. The molecule has 8 heteroatoms. The number of imidazole rings is 1. The number of carbonyl (C=O) groups excluding carboxylic acids is 1. The van der Waals surface area contributed by atoms with E-state index in [2.05, 4.69) is 42.3 Å². The molecule has 1 fully saturated rings. The number of hydrogen-bond acceptors (Lipinski definition) is 4. The fraction of sp³-hybridized carbons (Fsp3) is 0.375. The van der Waals surface area contributed by atoms with Crippen LogP contribution in [-0.2, 0) is 29.4 Å². The van der Waals surface area contributed by atoms with Gasteiger partial charge in [-0.1, -0.05) is 69.3 Å². The Balaban J connectivity index is 0.000000376. The molecule has 0 aliphatic heterocycles. The predicted octanol–water partition coefficient (Wildman–Crippen LogP) is 7.41. The van der Waals surface area contributed by atoms with Crippen LogP contribution in [0.4, 0.5) is 0 Å². The lowest BCUT2D eigenvalue weighted by Crippen LogP contribution is -2.31. The molecule has 0 spiro atoms. The van der Waals surface area contributed by atoms with Crippen molar-refractivity contribution < 1.29 is 9.00 Å². The first-order valence-corrected chi connectivity index (χ1v) is 16.1. The fourth-order valence-corrected chi connectivity index (χ4v) is 5.97. The minimum atomic E-state index is -1.28. The lowest BCUT2D eigenvalue weighted by molar-refractivity contribution is -0.130. The molecule has 1 amide bonds. The number of thiophene rings is 1. The van der Waals surface area contributed by atoms with Gasteiger partial charge in [0.1, 0.15) is 21.0 Å². The van der Waals surface area contributed by atoms with Crippen molar-refractivity contribution in [2.75, 3.05) is 0 Å². The van der Waals surface area contributed by atoms with Crippen LogP contribution in [0.1, 0.15) is 76.6 Å². The van der Waals surface area contributed by atoms with Crippen LogP contribution < -0.4 is 5.14 Å². The number of aromatic nitrogens is 2. The second-order valence-corrected chi connectivity index (χ2v) is 11.9. The second kappa shape index (κ2) is 16.3. The first-order chi connectivity index (χ1) is 19.4. The molecule has 3 aromatic rings. The number of rotatable bonds is 7. The highest BCUT2D eigenvalue weighted by Gasteiger charge is 2.24. The third kappa shape index (κ3) is 8.98. The monoisotopic (exact) mass is 578 g/mol. The van der Waals surface area contributed by atoms with Gasteiger partial charge in [0, 0.05) is 31.6 Å². The Morgan fingerprint density at radius 3 is 2.42 bits per heavy atom. The van der Waals surface area contributed by atoms with E-state index in [9.17, 15) is 9.00 Å². The van der Waals surface area contributed by atoms with Crippen LogP contribution in [0.25, 0.3) is 0 Å². The standard InChI is InChI=1S/C26H31N3O.C4H5NOS2.C2H6/c1-20(21-9-4-3-5-10-21)17-26(30)29(19-25-27-15-16-28(25)2)24-14-8-13-22-11-6-7-12-23(22)18-24;5-8(6)4-2-1-3-7-4;1-2/h3-5,9-10,13-16,18,20H,6-8,11-12,17,19H2,1-2H3;1-3H,5H2;1-2H3. The molecule has 0 radical (unpaired) electrons. The maximum absolute atomic E-state index is 13.5. The molecule has 2 aromatic heterocycles. The van der Waals surface area contributed by atoms with Crippen molar-refractivity contribution in [1.29, 1.82) is 0 Å². The van der Waals surface area contributed by atoms with E-state index >= 15 is 0 Å². The Labute approximate surface area is 245 Å². The molecule has 214 valence electrons. The number of allylic oxidation sites excluding steroid dienone is 5. The van der Waals surface area contributed by atoms with Gasteiger partial charge in [-0.05, 0) is 72.3 Å². The molecule has 2 aliphatic carbocycles. The van der Waals surface area contributed by atoms with E-state index in [1.807, 2.05) is 66.2 Å². The smallest absolute Gasteiger partial charge is 0.227 e. The normalized spacial score (nSPS) is 15.8. The molecule has 5 rings (SSSR count). The first kappa shape index (κ1) is 31.5. The molecule has 2 aliphatic rings. The van der Waals surface area contributed by atoms with Crippen molar-refractivity contribution in [2.24, 2.45) is 12.2 Å². The van der Waals surface area contributed by atoms with Crippen molar-refractivity contribution >= 4 is 28.2 Å². The number of nitrogens with zero attached hydrogens (tertiary/aromatic N) is 3. The SMILES string of the molecule is CC.CC(CC(=O)N(Cc1nccn1C)C1=CCC=C2CCCCC2=C1)c1ccccc1.NS(=O)c1cccs1. The molecule has 2 unspecified atom stereocenters. The van der Waals surface area contributed by atoms with Crippen LogP contribution in [0, 0.1) is 0 Å². The number of fused-ring (bicyclic) bond motifs is 1. The van der Waals surface area contributed by atoms with Crippen LogP contribution in [0.5, 0.6) is 0 Å². The maximum atomic E-state index is 13.5. The Morgan fingerprint density at radius 2 is 1.82 bits per heavy atom. The van der Waals surface area contributed by atoms with Crippen LogP contribution in [0.15, 0.2) is 99.5 Å². The highest BCUT2D eigenvalue weighted by molar-refractivity contribution is 7.85. The van der Waals surface area contributed by atoms with Gasteiger partial charge in [-0.3, -0.25) is 4.79 Å². The molecule has 6 nitrogen and oxygen atoms in total. The summed E-state index contributed by atoms with van der Waals surface area (Å²) >= 11 is 1.41. The largest absolute Gasteiger partial charge is 0.337 e. The summed E-state index contributed by atoms with van der Waals surface area (Å²) in [5.74, 6) is 1.22. The third-order valence-corrected chi connectivity index (χ3v) is 8.92. The Kier molecular flexibility index (Phi) is 12.8. The molecule has 2 heterocycles. The zero-order valence-corrected chi connectivity index (χ0v) is 25.7. The van der Waals surface area contributed by atoms with Gasteiger partial charge in [0.2, 0.25) is 5.91 Å². The zero-order valence-electron chi connectivity index (χ0n) is 24.1. The highest BCUT2D eigenvalue weighted by atomic mass is 32.2. The molecular formula is C32H42N4O2S2. The number of benzene rings is 1. The molecule has 40 heavy (non-hydrogen) atoms. The van der Waals surface area contributed by atoms with Crippen LogP contribution in [0.3, 0.4) is 0 Å². The van der Waals surface area contributed by atoms with Gasteiger partial charge in [0.25, 0.3) is 0 Å². The van der Waals surface area contributed by atoms with Gasteiger partial charge in [0.15, 0.2) is 0 Å². The molecule has 2 atom stereocenters. The van der Waals surface area contributed by atoms with Gasteiger partial charge >= 0.3 is 0 Å². The van der Waals surface area contributed by atoms with Gasteiger partial charge in [-0.2, -0.15) is 0 Å². The molecule has 1 saturated carbocycles. The van der Waals surface area contributed by atoms with E-state index in [-0.39, 0.29) is 11.8 Å². The summed E-state index contributed by atoms with van der Waals surface area (Å²) in [4.78, 5) is 20.0. The predicted molar refractivity (Wildman–Crippen MR) is 167 cm³/mol. The summed E-state index contributed by atoms with van der Waals surface area (Å²) in [5.41, 5.74) is 5.09. The quantitative estimate of drug-likeness (QED) is 0.317. The number of nitrogens with two attached hydrogens (primary N) is 1. The third-order valence-electron chi connectivity index (χ3n) is 6.94. The van der Waals surface area contributed by atoms with E-state index in [1.165, 1.54) is 40.9 Å². The second-order valence-electron chi connectivity index (χ2n) is 9.65. The zero-order chi connectivity index (χ0) is 28.9. The summed E-state index contributed by atoms with van der Waals surface area (Å²) in [5, 5.41) is 6.89. The molecular weight excluding hydrogens is 537 g/mol. The van der Waals surface area contributed by atoms with Gasteiger partial charge in [-0.15, -0.1) is 11.3 Å². The molecule has 2 N–H and O–H groups in total. The average molecular weight is 579 g/mol. The van der Waals surface area contributed by atoms with Gasteiger partial charge < -0.3 is 9.47 Å². The first-order valence-electron chi connectivity index (χ1n) is 14.0. The topological polar surface area (TPSA) is 81.2 Å². The average Bonchev–Trinajstić information content (AvgIpc) is 3.61. The van der Waals surface area contributed by atoms with Crippen molar-refractivity contribution in [1.82, 2.24) is 14.5 Å². The Bertz CT molecular complexity index is 1320. The summed E-state index contributed by atoms with van der Waals surface area (Å²) in [6.45, 7) is 6.63. The van der Waals surface area contributed by atoms with Crippen LogP contribution >= 0.6 is 11.3 Å². The lowest BCUT2D eigenvalue weighted by atomic mass is 9.89. The fourth-order valence-electron chi connectivity index (χ4n) is 4.76. The molecule has 0 bridgehead atoms. The lowest BCUT2D eigenvalue weighted by Gasteiger charge is -2.26. The highest BCUT2D eigenvalue weighted by Crippen LogP contribution is 2.33. The van der Waals surface area contributed by atoms with E-state index in [0.29, 0.717) is 13.0 Å². The van der Waals surface area contributed by atoms with Crippen LogP contribution in [-0.4, -0.2) is 24.6 Å². The van der Waals surface area contributed by atoms with Crippen molar-refractivity contribution in [3.63, 3.8) is 0 Å². The number of carbonyl (C=O) groups is 1. The van der Waals surface area contributed by atoms with Crippen molar-refractivity contribution in [3.8, 4) is 0 Å². The van der Waals surface area contributed by atoms with Crippen molar-refractivity contribution in [2.45, 2.75) is 76.0 Å². The van der Waals surface area contributed by atoms with E-state index < -0.39 is 11.0 Å². The number of amides is 1. The van der Waals surface area contributed by atoms with Gasteiger partial charge in [-0.25, -0.2) is 14.3 Å². The molecule has 0 saturated heterocycles. The minimum absolute atomic E-state index is 0.150. The van der Waals surface area contributed by atoms with Gasteiger partial charge in [0.05, 0.1) is 6.54 Å².